The van der Waals surface area contributed by atoms with Gasteiger partial charge in [0.2, 0.25) is 0 Å². The first-order valence-corrected chi connectivity index (χ1v) is 7.49. The Morgan fingerprint density at radius 2 is 2.00 bits per heavy atom. The van der Waals surface area contributed by atoms with Crippen molar-refractivity contribution in [2.75, 3.05) is 19.0 Å². The van der Waals surface area contributed by atoms with Crippen LogP contribution < -0.4 is 10.1 Å². The fourth-order valence-corrected chi connectivity index (χ4v) is 2.12. The molecule has 0 saturated carbocycles. The van der Waals surface area contributed by atoms with Crippen LogP contribution in [0.1, 0.15) is 31.2 Å². The smallest absolute Gasteiger partial charge is 0.131 e. The predicted octanol–water partition coefficient (Wildman–Crippen LogP) is 3.88. The molecule has 4 heteroatoms. The predicted molar refractivity (Wildman–Crippen MR) is 76.9 cm³/mol. The van der Waals surface area contributed by atoms with Gasteiger partial charge in [-0.05, 0) is 25.5 Å². The largest absolute Gasteiger partial charge is 0.497 e. The molecule has 0 unspecified atom stereocenters. The Labute approximate surface area is 117 Å². The van der Waals surface area contributed by atoms with Crippen molar-refractivity contribution in [1.29, 1.82) is 0 Å². The van der Waals surface area contributed by atoms with Crippen molar-refractivity contribution in [2.45, 2.75) is 32.2 Å². The van der Waals surface area contributed by atoms with E-state index in [9.17, 15) is 4.39 Å². The number of hydrogen-bond donors (Lipinski definition) is 1. The van der Waals surface area contributed by atoms with Crippen LogP contribution in [0.3, 0.4) is 0 Å². The quantitative estimate of drug-likeness (QED) is 0.551. The van der Waals surface area contributed by atoms with Gasteiger partial charge in [0.15, 0.2) is 0 Å². The molecule has 102 valence electrons. The standard InChI is InChI=1S/C14H21BrFNO/c1-18-13-7-6-12(14(16)10-13)11-17-9-5-3-2-4-8-15/h6-7,10,17H,2-5,8-9,11H2,1H3. The molecule has 1 rings (SSSR count). The molecule has 0 aliphatic carbocycles. The monoisotopic (exact) mass is 317 g/mol. The number of halogens is 2. The third-order valence-corrected chi connectivity index (χ3v) is 3.37. The maximum Gasteiger partial charge on any atom is 0.131 e. The van der Waals surface area contributed by atoms with Crippen LogP contribution in [0.25, 0.3) is 0 Å². The minimum Gasteiger partial charge on any atom is -0.497 e. The molecule has 0 aromatic heterocycles. The maximum atomic E-state index is 13.6. The summed E-state index contributed by atoms with van der Waals surface area (Å²) < 4.78 is 18.6. The highest BCUT2D eigenvalue weighted by Crippen LogP contribution is 2.15. The highest BCUT2D eigenvalue weighted by atomic mass is 79.9. The summed E-state index contributed by atoms with van der Waals surface area (Å²) in [5.41, 5.74) is 0.691. The van der Waals surface area contributed by atoms with Crippen LogP contribution in [0.5, 0.6) is 5.75 Å². The summed E-state index contributed by atoms with van der Waals surface area (Å²) in [7, 11) is 1.54. The van der Waals surface area contributed by atoms with Crippen molar-refractivity contribution in [3.05, 3.63) is 29.6 Å². The fraction of sp³-hybridized carbons (Fsp3) is 0.571. The number of nitrogens with one attached hydrogen (secondary N) is 1. The average molecular weight is 318 g/mol. The first kappa shape index (κ1) is 15.4. The van der Waals surface area contributed by atoms with Gasteiger partial charge in [-0.25, -0.2) is 4.39 Å². The van der Waals surface area contributed by atoms with Gasteiger partial charge in [0.1, 0.15) is 11.6 Å². The molecule has 0 aliphatic rings. The van der Waals surface area contributed by atoms with E-state index >= 15 is 0 Å². The molecule has 0 aliphatic heterocycles. The summed E-state index contributed by atoms with van der Waals surface area (Å²) in [4.78, 5) is 0. The summed E-state index contributed by atoms with van der Waals surface area (Å²) in [6.07, 6.45) is 4.85. The molecule has 0 atom stereocenters. The van der Waals surface area contributed by atoms with Crippen LogP contribution in [-0.2, 0) is 6.54 Å². The Bertz CT molecular complexity index is 347. The minimum atomic E-state index is -0.207. The molecule has 18 heavy (non-hydrogen) atoms. The number of alkyl halides is 1. The molecule has 0 heterocycles. The molecule has 0 spiro atoms. The summed E-state index contributed by atoms with van der Waals surface area (Å²) in [6, 6.07) is 4.98. The van der Waals surface area contributed by atoms with Crippen LogP contribution in [0.4, 0.5) is 4.39 Å². The van der Waals surface area contributed by atoms with Gasteiger partial charge in [-0.1, -0.05) is 34.8 Å². The molecule has 0 radical (unpaired) electrons. The first-order valence-electron chi connectivity index (χ1n) is 6.37. The van der Waals surface area contributed by atoms with Gasteiger partial charge in [0, 0.05) is 23.5 Å². The van der Waals surface area contributed by atoms with Gasteiger partial charge in [0.25, 0.3) is 0 Å². The lowest BCUT2D eigenvalue weighted by molar-refractivity contribution is 0.410. The van der Waals surface area contributed by atoms with E-state index in [1.54, 1.807) is 19.2 Å². The van der Waals surface area contributed by atoms with Crippen LogP contribution >= 0.6 is 15.9 Å². The van der Waals surface area contributed by atoms with Crippen LogP contribution in [0.15, 0.2) is 18.2 Å². The van der Waals surface area contributed by atoms with Crippen molar-refractivity contribution in [3.63, 3.8) is 0 Å². The van der Waals surface area contributed by atoms with Crippen molar-refractivity contribution >= 4 is 15.9 Å². The second-order valence-electron chi connectivity index (χ2n) is 4.24. The zero-order chi connectivity index (χ0) is 13.2. The lowest BCUT2D eigenvalue weighted by atomic mass is 10.2. The molecule has 0 saturated heterocycles. The Morgan fingerprint density at radius 1 is 1.22 bits per heavy atom. The molecule has 2 nitrogen and oxygen atoms in total. The highest BCUT2D eigenvalue weighted by Gasteiger charge is 2.03. The van der Waals surface area contributed by atoms with E-state index in [0.717, 1.165) is 18.3 Å². The molecular weight excluding hydrogens is 297 g/mol. The third kappa shape index (κ3) is 5.83. The number of methoxy groups -OCH3 is 1. The highest BCUT2D eigenvalue weighted by molar-refractivity contribution is 9.09. The van der Waals surface area contributed by atoms with Crippen molar-refractivity contribution in [3.8, 4) is 5.75 Å². The summed E-state index contributed by atoms with van der Waals surface area (Å²) in [6.45, 7) is 1.52. The zero-order valence-electron chi connectivity index (χ0n) is 10.8. The van der Waals surface area contributed by atoms with E-state index in [1.165, 1.54) is 25.3 Å². The Balaban J connectivity index is 2.19. The number of hydrogen-bond acceptors (Lipinski definition) is 2. The van der Waals surface area contributed by atoms with Crippen LogP contribution in [0, 0.1) is 5.82 Å². The lowest BCUT2D eigenvalue weighted by Crippen LogP contribution is -2.15. The van der Waals surface area contributed by atoms with Gasteiger partial charge < -0.3 is 10.1 Å². The molecule has 1 aromatic rings. The van der Waals surface area contributed by atoms with Crippen molar-refractivity contribution < 1.29 is 9.13 Å². The van der Waals surface area contributed by atoms with Gasteiger partial charge in [-0.3, -0.25) is 0 Å². The normalized spacial score (nSPS) is 10.6. The van der Waals surface area contributed by atoms with Crippen molar-refractivity contribution in [2.24, 2.45) is 0 Å². The SMILES string of the molecule is COc1ccc(CNCCCCCCBr)c(F)c1. The lowest BCUT2D eigenvalue weighted by Gasteiger charge is -2.07. The maximum absolute atomic E-state index is 13.6. The number of ether oxygens (including phenoxy) is 1. The Kier molecular flexibility index (Phi) is 8.01. The number of unbranched alkanes of at least 4 members (excludes halogenated alkanes) is 3. The number of benzene rings is 1. The Hall–Kier alpha value is -0.610. The van der Waals surface area contributed by atoms with Crippen LogP contribution in [0.2, 0.25) is 0 Å². The van der Waals surface area contributed by atoms with E-state index in [4.69, 9.17) is 4.74 Å². The summed E-state index contributed by atoms with van der Waals surface area (Å²) >= 11 is 3.41. The second-order valence-corrected chi connectivity index (χ2v) is 5.03. The molecular formula is C14H21BrFNO. The Morgan fingerprint density at radius 3 is 2.67 bits per heavy atom. The van der Waals surface area contributed by atoms with E-state index in [0.29, 0.717) is 17.9 Å². The molecule has 1 aromatic carbocycles. The topological polar surface area (TPSA) is 21.3 Å². The van der Waals surface area contributed by atoms with Gasteiger partial charge >= 0.3 is 0 Å². The third-order valence-electron chi connectivity index (χ3n) is 2.81. The fourth-order valence-electron chi connectivity index (χ4n) is 1.72. The minimum absolute atomic E-state index is 0.207. The zero-order valence-corrected chi connectivity index (χ0v) is 12.4. The second kappa shape index (κ2) is 9.34. The summed E-state index contributed by atoms with van der Waals surface area (Å²) in [5, 5.41) is 4.35. The molecule has 0 fully saturated rings. The number of rotatable bonds is 9. The average Bonchev–Trinajstić information content (AvgIpc) is 2.39. The molecule has 0 bridgehead atoms. The first-order chi connectivity index (χ1) is 8.77. The van der Waals surface area contributed by atoms with E-state index in [-0.39, 0.29) is 5.82 Å². The van der Waals surface area contributed by atoms with Crippen molar-refractivity contribution in [1.82, 2.24) is 5.32 Å². The van der Waals surface area contributed by atoms with Gasteiger partial charge in [-0.2, -0.15) is 0 Å². The van der Waals surface area contributed by atoms with Gasteiger partial charge in [0.05, 0.1) is 7.11 Å². The molecule has 0 amide bonds. The van der Waals surface area contributed by atoms with Crippen LogP contribution in [-0.4, -0.2) is 19.0 Å². The summed E-state index contributed by atoms with van der Waals surface area (Å²) in [5.74, 6) is 0.354. The van der Waals surface area contributed by atoms with Gasteiger partial charge in [-0.15, -0.1) is 0 Å². The van der Waals surface area contributed by atoms with E-state index < -0.39 is 0 Å². The molecule has 1 N–H and O–H groups in total. The van der Waals surface area contributed by atoms with E-state index in [2.05, 4.69) is 21.2 Å². The van der Waals surface area contributed by atoms with E-state index in [1.807, 2.05) is 0 Å².